The van der Waals surface area contributed by atoms with E-state index in [0.29, 0.717) is 17.5 Å². The van der Waals surface area contributed by atoms with Crippen LogP contribution >= 0.6 is 18.5 Å². The molecule has 0 saturated carbocycles. The molecule has 0 bridgehead atoms. The Morgan fingerprint density at radius 2 is 0.863 bits per heavy atom. The van der Waals surface area contributed by atoms with Crippen LogP contribution in [0.1, 0.15) is 0 Å². The molecule has 0 spiro atoms. The van der Waals surface area contributed by atoms with Gasteiger partial charge in [-0.3, -0.25) is 0 Å². The maximum absolute atomic E-state index is 15.4. The third-order valence-electron chi connectivity index (χ3n) is 9.20. The van der Waals surface area contributed by atoms with Gasteiger partial charge < -0.3 is 4.57 Å². The van der Waals surface area contributed by atoms with Gasteiger partial charge in [-0.15, -0.1) is 11.3 Å². The van der Waals surface area contributed by atoms with Crippen molar-refractivity contribution in [3.05, 3.63) is 182 Å². The normalized spacial score (nSPS) is 11.6. The molecule has 0 saturated heterocycles. The van der Waals surface area contributed by atoms with E-state index in [1.54, 1.807) is 11.3 Å². The molecule has 0 radical (unpaired) electrons. The Morgan fingerprint density at radius 3 is 1.45 bits per heavy atom. The summed E-state index contributed by atoms with van der Waals surface area (Å²) in [6, 6.07) is 60.9. The summed E-state index contributed by atoms with van der Waals surface area (Å²) < 4.78 is 17.8. The van der Waals surface area contributed by atoms with Crippen molar-refractivity contribution >= 4 is 54.6 Å². The zero-order chi connectivity index (χ0) is 34.2. The predicted octanol–water partition coefficient (Wildman–Crippen LogP) is 10.5. The molecule has 9 rings (SSSR count). The Hall–Kier alpha value is -6.00. The lowest BCUT2D eigenvalue weighted by atomic mass is 9.97. The van der Waals surface area contributed by atoms with E-state index in [-0.39, 0.29) is 0 Å². The van der Waals surface area contributed by atoms with E-state index in [1.165, 1.54) is 10.1 Å². The van der Waals surface area contributed by atoms with Gasteiger partial charge in [0.1, 0.15) is 0 Å². The van der Waals surface area contributed by atoms with Crippen LogP contribution in [-0.4, -0.2) is 15.0 Å². The van der Waals surface area contributed by atoms with Crippen LogP contribution in [0.15, 0.2) is 182 Å². The summed E-state index contributed by atoms with van der Waals surface area (Å²) in [6.45, 7) is 0. The van der Waals surface area contributed by atoms with Crippen LogP contribution in [0.25, 0.3) is 65.5 Å². The maximum atomic E-state index is 15.4. The Labute approximate surface area is 300 Å². The molecule has 242 valence electrons. The van der Waals surface area contributed by atoms with Crippen molar-refractivity contribution in [2.24, 2.45) is 0 Å². The standard InChI is InChI=1S/C45H30N3OPS/c49-50(35-21-9-3-10-22-35,36-23-11-4-12-24-36)37-25-15-20-33(28-37)39-29-34(30-41-42(39)38-26-13-14-27-40(38)51-41)45-47-43(31-16-5-1-6-17-31)46-44(48-45)32-18-7-2-8-19-32/h1-30H. The number of fused-ring (bicyclic) bond motifs is 3. The summed E-state index contributed by atoms with van der Waals surface area (Å²) in [7, 11) is -3.20. The minimum atomic E-state index is -3.20. The second kappa shape index (κ2) is 13.0. The molecule has 0 unspecified atom stereocenters. The zero-order valence-corrected chi connectivity index (χ0v) is 29.1. The minimum absolute atomic E-state index is 0.596. The molecule has 9 aromatic rings. The molecule has 0 aliphatic rings. The van der Waals surface area contributed by atoms with Gasteiger partial charge >= 0.3 is 0 Å². The monoisotopic (exact) mass is 691 g/mol. The molecule has 0 aliphatic heterocycles. The first-order chi connectivity index (χ1) is 25.1. The summed E-state index contributed by atoms with van der Waals surface area (Å²) in [5.41, 5.74) is 4.76. The molecule has 4 nitrogen and oxygen atoms in total. The Bertz CT molecular complexity index is 2610. The average Bonchev–Trinajstić information content (AvgIpc) is 3.60. The highest BCUT2D eigenvalue weighted by Gasteiger charge is 2.30. The van der Waals surface area contributed by atoms with Gasteiger partial charge in [0.2, 0.25) is 0 Å². The molecule has 51 heavy (non-hydrogen) atoms. The van der Waals surface area contributed by atoms with E-state index >= 15 is 4.57 Å². The zero-order valence-electron chi connectivity index (χ0n) is 27.4. The van der Waals surface area contributed by atoms with Gasteiger partial charge in [0.05, 0.1) is 0 Å². The lowest BCUT2D eigenvalue weighted by Gasteiger charge is -2.21. The number of benzene rings is 7. The topological polar surface area (TPSA) is 55.7 Å². The molecular formula is C45H30N3OPS. The van der Waals surface area contributed by atoms with E-state index in [0.717, 1.165) is 53.8 Å². The third-order valence-corrected chi connectivity index (χ3v) is 13.4. The summed E-state index contributed by atoms with van der Waals surface area (Å²) in [5.74, 6) is 1.83. The smallest absolute Gasteiger partial charge is 0.171 e. The molecule has 0 N–H and O–H groups in total. The van der Waals surface area contributed by atoms with Gasteiger partial charge in [0.15, 0.2) is 24.6 Å². The van der Waals surface area contributed by atoms with Gasteiger partial charge in [0.25, 0.3) is 0 Å². The van der Waals surface area contributed by atoms with E-state index < -0.39 is 7.14 Å². The summed E-state index contributed by atoms with van der Waals surface area (Å²) in [6.07, 6.45) is 0. The molecule has 7 aromatic carbocycles. The van der Waals surface area contributed by atoms with E-state index in [4.69, 9.17) is 15.0 Å². The third kappa shape index (κ3) is 5.67. The van der Waals surface area contributed by atoms with Crippen molar-refractivity contribution in [3.63, 3.8) is 0 Å². The van der Waals surface area contributed by atoms with Crippen molar-refractivity contribution in [2.45, 2.75) is 0 Å². The van der Waals surface area contributed by atoms with Crippen molar-refractivity contribution in [1.29, 1.82) is 0 Å². The van der Waals surface area contributed by atoms with Crippen LogP contribution in [0, 0.1) is 0 Å². The first-order valence-corrected chi connectivity index (χ1v) is 19.3. The Morgan fingerprint density at radius 1 is 0.392 bits per heavy atom. The Kier molecular flexibility index (Phi) is 7.93. The highest BCUT2D eigenvalue weighted by Crippen LogP contribution is 2.46. The number of nitrogens with zero attached hydrogens (tertiary/aromatic N) is 3. The lowest BCUT2D eigenvalue weighted by molar-refractivity contribution is 0.592. The van der Waals surface area contributed by atoms with Crippen molar-refractivity contribution in [2.75, 3.05) is 0 Å². The van der Waals surface area contributed by atoms with E-state index in [9.17, 15) is 0 Å². The van der Waals surface area contributed by atoms with Crippen molar-refractivity contribution in [3.8, 4) is 45.3 Å². The maximum Gasteiger partial charge on any atom is 0.171 e. The molecule has 2 heterocycles. The molecule has 0 amide bonds. The fourth-order valence-corrected chi connectivity index (χ4v) is 10.6. The number of aromatic nitrogens is 3. The molecule has 0 aliphatic carbocycles. The second-order valence-electron chi connectivity index (χ2n) is 12.4. The molecular weight excluding hydrogens is 662 g/mol. The molecule has 0 fully saturated rings. The first-order valence-electron chi connectivity index (χ1n) is 16.8. The van der Waals surface area contributed by atoms with E-state index in [2.05, 4.69) is 48.5 Å². The SMILES string of the molecule is O=P(c1ccccc1)(c1ccccc1)c1cccc(-c2cc(-c3nc(-c4ccccc4)nc(-c4ccccc4)n3)cc3sc4ccccc4c23)c1. The van der Waals surface area contributed by atoms with Crippen LogP contribution < -0.4 is 15.9 Å². The fourth-order valence-electron chi connectivity index (χ4n) is 6.74. The predicted molar refractivity (Wildman–Crippen MR) is 214 cm³/mol. The lowest BCUT2D eigenvalue weighted by Crippen LogP contribution is -2.25. The highest BCUT2D eigenvalue weighted by atomic mass is 32.1. The van der Waals surface area contributed by atoms with Gasteiger partial charge in [-0.1, -0.05) is 158 Å². The van der Waals surface area contributed by atoms with Gasteiger partial charge in [-0.25, -0.2) is 15.0 Å². The van der Waals surface area contributed by atoms with Crippen LogP contribution in [0.4, 0.5) is 0 Å². The summed E-state index contributed by atoms with van der Waals surface area (Å²) in [4.78, 5) is 15.1. The highest BCUT2D eigenvalue weighted by molar-refractivity contribution is 7.85. The van der Waals surface area contributed by atoms with Gasteiger partial charge in [-0.05, 0) is 35.4 Å². The molecule has 2 aromatic heterocycles. The first kappa shape index (κ1) is 31.0. The van der Waals surface area contributed by atoms with E-state index in [1.807, 2.05) is 133 Å². The number of hydrogen-bond donors (Lipinski definition) is 0. The molecule has 6 heteroatoms. The van der Waals surface area contributed by atoms with Crippen LogP contribution in [-0.2, 0) is 4.57 Å². The van der Waals surface area contributed by atoms with Crippen molar-refractivity contribution in [1.82, 2.24) is 15.0 Å². The number of thiophene rings is 1. The quantitative estimate of drug-likeness (QED) is 0.156. The van der Waals surface area contributed by atoms with Crippen LogP contribution in [0.3, 0.4) is 0 Å². The summed E-state index contributed by atoms with van der Waals surface area (Å²) in [5, 5.41) is 4.74. The largest absolute Gasteiger partial charge is 0.309 e. The van der Waals surface area contributed by atoms with Crippen molar-refractivity contribution < 1.29 is 4.57 Å². The fraction of sp³-hybridized carbons (Fsp3) is 0. The number of hydrogen-bond acceptors (Lipinski definition) is 5. The average molecular weight is 692 g/mol. The summed E-state index contributed by atoms with van der Waals surface area (Å²) >= 11 is 1.76. The Balaban J connectivity index is 1.29. The van der Waals surface area contributed by atoms with Gasteiger partial charge in [-0.2, -0.15) is 0 Å². The van der Waals surface area contributed by atoms with Gasteiger partial charge in [0, 0.05) is 52.8 Å². The number of rotatable bonds is 7. The molecule has 0 atom stereocenters. The minimum Gasteiger partial charge on any atom is -0.309 e. The van der Waals surface area contributed by atoms with Crippen LogP contribution in [0.2, 0.25) is 0 Å². The van der Waals surface area contributed by atoms with Crippen LogP contribution in [0.5, 0.6) is 0 Å². The second-order valence-corrected chi connectivity index (χ2v) is 16.2.